The zero-order chi connectivity index (χ0) is 20.8. The third-order valence-electron chi connectivity index (χ3n) is 5.52. The van der Waals surface area contributed by atoms with Crippen LogP contribution < -0.4 is 5.72 Å². The summed E-state index contributed by atoms with van der Waals surface area (Å²) in [6.45, 7) is 1.92. The maximum Gasteiger partial charge on any atom is 0.202 e. The minimum atomic E-state index is -0.213. The van der Waals surface area contributed by atoms with Gasteiger partial charge in [-0.1, -0.05) is 73.4 Å². The zero-order valence-electron chi connectivity index (χ0n) is 17.2. The van der Waals surface area contributed by atoms with E-state index in [4.69, 9.17) is 0 Å². The molecule has 30 heavy (non-hydrogen) atoms. The van der Waals surface area contributed by atoms with Gasteiger partial charge in [-0.15, -0.1) is 0 Å². The van der Waals surface area contributed by atoms with E-state index in [1.54, 1.807) is 12.3 Å². The molecule has 0 unspecified atom stereocenters. The van der Waals surface area contributed by atoms with Gasteiger partial charge in [-0.2, -0.15) is 0 Å². The molecule has 0 aliphatic carbocycles. The van der Waals surface area contributed by atoms with Crippen LogP contribution in [0, 0.1) is 12.7 Å². The van der Waals surface area contributed by atoms with E-state index in [1.807, 2.05) is 23.8 Å². The number of halogens is 1. The highest BCUT2D eigenvalue weighted by Crippen LogP contribution is 2.29. The normalized spacial score (nSPS) is 11.0. The molecule has 1 heterocycles. The summed E-state index contributed by atoms with van der Waals surface area (Å²) in [4.78, 5) is 4.50. The molecule has 4 heteroatoms. The molecular weight excluding hydrogens is 370 g/mol. The number of imidazole rings is 1. The molecule has 0 saturated carbocycles. The highest BCUT2D eigenvalue weighted by atomic mass is 19.1. The predicted molar refractivity (Wildman–Crippen MR) is 122 cm³/mol. The summed E-state index contributed by atoms with van der Waals surface area (Å²) in [6, 6.07) is 26.3. The number of aromatic nitrogens is 2. The topological polar surface area (TPSA) is 17.8 Å². The van der Waals surface area contributed by atoms with Crippen LogP contribution in [-0.4, -0.2) is 16.8 Å². The largest absolute Gasteiger partial charge is 0.312 e. The quantitative estimate of drug-likeness (QED) is 0.277. The molecule has 0 atom stereocenters. The Morgan fingerprint density at radius 3 is 2.23 bits per heavy atom. The molecule has 0 aliphatic heterocycles. The van der Waals surface area contributed by atoms with Gasteiger partial charge in [-0.25, -0.2) is 4.39 Å². The van der Waals surface area contributed by atoms with Crippen LogP contribution in [0.15, 0.2) is 91.3 Å². The van der Waals surface area contributed by atoms with Crippen molar-refractivity contribution in [1.29, 1.82) is 0 Å². The summed E-state index contributed by atoms with van der Waals surface area (Å²) in [5.41, 5.74) is 5.47. The summed E-state index contributed by atoms with van der Waals surface area (Å²) < 4.78 is 15.5. The molecule has 0 amide bonds. The van der Waals surface area contributed by atoms with Gasteiger partial charge in [0.15, 0.2) is 0 Å². The Balaban J connectivity index is 1.43. The Bertz CT molecular complexity index is 1040. The van der Waals surface area contributed by atoms with Crippen LogP contribution in [0.2, 0.25) is 6.32 Å². The smallest absolute Gasteiger partial charge is 0.202 e. The molecule has 0 N–H and O–H groups in total. The standard InChI is InChI=1S/C26H25BFN2/c1-20-19-23(28)14-15-25(20)30-18-17-29-26(30)27-16-8-13-24(21-9-4-2-5-10-21)22-11-6-3-7-12-22/h2-7,9-12,14-15,17-19,24H,8,13,16H2,1H3. The fourth-order valence-electron chi connectivity index (χ4n) is 4.01. The van der Waals surface area contributed by atoms with Gasteiger partial charge in [0.1, 0.15) is 5.82 Å². The van der Waals surface area contributed by atoms with Crippen molar-refractivity contribution in [2.45, 2.75) is 32.0 Å². The van der Waals surface area contributed by atoms with E-state index in [-0.39, 0.29) is 5.82 Å². The van der Waals surface area contributed by atoms with Crippen LogP contribution in [-0.2, 0) is 0 Å². The summed E-state index contributed by atoms with van der Waals surface area (Å²) in [5.74, 6) is 0.176. The summed E-state index contributed by atoms with van der Waals surface area (Å²) >= 11 is 0. The lowest BCUT2D eigenvalue weighted by atomic mass is 9.70. The first-order valence-electron chi connectivity index (χ1n) is 10.5. The molecule has 0 fully saturated rings. The van der Waals surface area contributed by atoms with Crippen molar-refractivity contribution in [3.63, 3.8) is 0 Å². The van der Waals surface area contributed by atoms with E-state index >= 15 is 0 Å². The molecule has 0 spiro atoms. The Hall–Kier alpha value is -3.14. The van der Waals surface area contributed by atoms with Crippen molar-refractivity contribution >= 4 is 13.0 Å². The van der Waals surface area contributed by atoms with Crippen molar-refractivity contribution in [2.24, 2.45) is 0 Å². The number of aryl methyl sites for hydroxylation is 1. The van der Waals surface area contributed by atoms with E-state index in [9.17, 15) is 4.39 Å². The lowest BCUT2D eigenvalue weighted by molar-refractivity contribution is 0.626. The highest BCUT2D eigenvalue weighted by molar-refractivity contribution is 6.51. The van der Waals surface area contributed by atoms with Gasteiger partial charge in [0.2, 0.25) is 7.28 Å². The van der Waals surface area contributed by atoms with Gasteiger partial charge in [0, 0.05) is 24.0 Å². The number of hydrogen-bond donors (Lipinski definition) is 0. The molecule has 2 nitrogen and oxygen atoms in total. The average Bonchev–Trinajstić information content (AvgIpc) is 3.23. The second-order valence-corrected chi connectivity index (χ2v) is 7.60. The second-order valence-electron chi connectivity index (χ2n) is 7.60. The molecule has 0 bridgehead atoms. The highest BCUT2D eigenvalue weighted by Gasteiger charge is 2.14. The minimum absolute atomic E-state index is 0.213. The maximum absolute atomic E-state index is 13.5. The van der Waals surface area contributed by atoms with E-state index in [0.29, 0.717) is 5.92 Å². The molecular formula is C26H25BFN2. The van der Waals surface area contributed by atoms with Gasteiger partial charge in [-0.3, -0.25) is 4.98 Å². The van der Waals surface area contributed by atoms with Crippen LogP contribution in [0.25, 0.3) is 5.69 Å². The second kappa shape index (κ2) is 9.58. The van der Waals surface area contributed by atoms with E-state index in [1.165, 1.54) is 17.2 Å². The summed E-state index contributed by atoms with van der Waals surface area (Å²) in [6.07, 6.45) is 6.80. The molecule has 0 saturated heterocycles. The third kappa shape index (κ3) is 4.70. The van der Waals surface area contributed by atoms with E-state index in [0.717, 1.165) is 36.1 Å². The first-order valence-corrected chi connectivity index (χ1v) is 10.5. The molecule has 4 rings (SSSR count). The van der Waals surface area contributed by atoms with Crippen LogP contribution in [0.5, 0.6) is 0 Å². The monoisotopic (exact) mass is 395 g/mol. The SMILES string of the molecule is Cc1cc(F)ccc1-n1ccnc1[B]CCCC(c1ccccc1)c1ccccc1. The third-order valence-corrected chi connectivity index (χ3v) is 5.52. The molecule has 0 aliphatic rings. The molecule has 4 aromatic rings. The van der Waals surface area contributed by atoms with Crippen molar-refractivity contribution in [3.05, 3.63) is 114 Å². The van der Waals surface area contributed by atoms with Gasteiger partial charge >= 0.3 is 0 Å². The van der Waals surface area contributed by atoms with Gasteiger partial charge in [-0.05, 0) is 48.2 Å². The number of benzene rings is 3. The fourth-order valence-corrected chi connectivity index (χ4v) is 4.01. The van der Waals surface area contributed by atoms with Crippen molar-refractivity contribution in [1.82, 2.24) is 9.55 Å². The lowest BCUT2D eigenvalue weighted by Crippen LogP contribution is -2.25. The Labute approximate surface area is 178 Å². The van der Waals surface area contributed by atoms with Crippen molar-refractivity contribution in [3.8, 4) is 5.69 Å². The Morgan fingerprint density at radius 1 is 0.933 bits per heavy atom. The Kier molecular flexibility index (Phi) is 6.43. The molecule has 3 aromatic carbocycles. The van der Waals surface area contributed by atoms with E-state index in [2.05, 4.69) is 72.9 Å². The van der Waals surface area contributed by atoms with Crippen LogP contribution in [0.1, 0.15) is 35.4 Å². The fraction of sp³-hybridized carbons (Fsp3) is 0.192. The number of nitrogens with zero attached hydrogens (tertiary/aromatic N) is 2. The van der Waals surface area contributed by atoms with Crippen LogP contribution >= 0.6 is 0 Å². The van der Waals surface area contributed by atoms with Crippen molar-refractivity contribution < 1.29 is 4.39 Å². The van der Waals surface area contributed by atoms with Crippen molar-refractivity contribution in [2.75, 3.05) is 0 Å². The van der Waals surface area contributed by atoms with Crippen LogP contribution in [0.4, 0.5) is 4.39 Å². The molecule has 149 valence electrons. The van der Waals surface area contributed by atoms with E-state index < -0.39 is 0 Å². The number of hydrogen-bond acceptors (Lipinski definition) is 1. The lowest BCUT2D eigenvalue weighted by Gasteiger charge is -2.18. The first-order chi connectivity index (χ1) is 14.7. The maximum atomic E-state index is 13.5. The molecule has 1 aromatic heterocycles. The van der Waals surface area contributed by atoms with Gasteiger partial charge in [0.25, 0.3) is 0 Å². The minimum Gasteiger partial charge on any atom is -0.312 e. The van der Waals surface area contributed by atoms with Gasteiger partial charge < -0.3 is 4.57 Å². The first kappa shape index (κ1) is 20.2. The summed E-state index contributed by atoms with van der Waals surface area (Å²) in [7, 11) is 2.18. The van der Waals surface area contributed by atoms with Crippen LogP contribution in [0.3, 0.4) is 0 Å². The average molecular weight is 395 g/mol. The summed E-state index contributed by atoms with van der Waals surface area (Å²) in [5, 5.41) is 0. The van der Waals surface area contributed by atoms with Gasteiger partial charge in [0.05, 0.1) is 5.72 Å². The Morgan fingerprint density at radius 2 is 1.60 bits per heavy atom. The zero-order valence-corrected chi connectivity index (χ0v) is 17.2. The predicted octanol–water partition coefficient (Wildman–Crippen LogP) is 5.68. The number of rotatable bonds is 8. The molecule has 1 radical (unpaired) electrons.